The Hall–Kier alpha value is -4.92. The van der Waals surface area contributed by atoms with E-state index < -0.39 is 58.6 Å². The van der Waals surface area contributed by atoms with Crippen LogP contribution in [0.15, 0.2) is 66.1 Å². The van der Waals surface area contributed by atoms with Crippen molar-refractivity contribution in [2.45, 2.75) is 14.0 Å². The summed E-state index contributed by atoms with van der Waals surface area (Å²) in [6.07, 6.45) is 3.69. The van der Waals surface area contributed by atoms with E-state index >= 15 is 0 Å². The fourth-order valence-corrected chi connectivity index (χ4v) is 7.32. The van der Waals surface area contributed by atoms with E-state index in [1.807, 2.05) is 0 Å². The third-order valence-electron chi connectivity index (χ3n) is 4.33. The lowest BCUT2D eigenvalue weighted by Gasteiger charge is -1.98. The molecule has 24 heteroatoms. The zero-order chi connectivity index (χ0) is 34.4. The molecule has 0 N–H and O–H groups in total. The number of furan rings is 1. The maximum Gasteiger partial charge on any atom is 0.375 e. The first kappa shape index (κ1) is 38.1. The van der Waals surface area contributed by atoms with Crippen LogP contribution in [-0.4, -0.2) is 82.7 Å². The minimum Gasteiger partial charge on any atom is -0.465 e. The summed E-state index contributed by atoms with van der Waals surface area (Å²) in [5.74, 6) is -3.09. The maximum absolute atomic E-state index is 11.3. The molecule has 3 rings (SSSR count). The highest BCUT2D eigenvalue weighted by Crippen LogP contribution is 2.25. The Bertz CT molecular complexity index is 1800. The number of ether oxygens (including phenoxy) is 3. The predicted octanol–water partition coefficient (Wildman–Crippen LogP) is 1.21. The van der Waals surface area contributed by atoms with Crippen molar-refractivity contribution >= 4 is 88.9 Å². The molecule has 3 heterocycles. The first-order valence-corrected chi connectivity index (χ1v) is 16.7. The molecule has 0 aromatic carbocycles. The van der Waals surface area contributed by atoms with E-state index in [0.717, 1.165) is 74.6 Å². The fraction of sp³-hybridized carbons (Fsp3) is 0.143. The van der Waals surface area contributed by atoms with Crippen molar-refractivity contribution in [3.63, 3.8) is 0 Å². The zero-order valence-electron chi connectivity index (χ0n) is 22.4. The standard InChI is InChI=1S/C7H5NO6S.2C7H5NO5S2/c1-13-7(10)6-5(2-3-14-6)15(11,12)8-4-9;1-13-7(10)5-2-14-3-6(5)15(11,12)8-4-9;1-13-6(10)5-2-3-14-7(5)15(11,12)8-4-9/h3*2-3H,1H3. The third-order valence-corrected chi connectivity index (χ3v) is 10.3. The van der Waals surface area contributed by atoms with Gasteiger partial charge in [-0.05, 0) is 17.5 Å². The van der Waals surface area contributed by atoms with Gasteiger partial charge in [-0.2, -0.15) is 36.6 Å². The largest absolute Gasteiger partial charge is 0.465 e. The molecule has 0 saturated carbocycles. The van der Waals surface area contributed by atoms with Gasteiger partial charge >= 0.3 is 27.9 Å². The van der Waals surface area contributed by atoms with Crippen molar-refractivity contribution in [3.8, 4) is 0 Å². The van der Waals surface area contributed by atoms with E-state index in [-0.39, 0.29) is 20.2 Å². The molecule has 19 nitrogen and oxygen atoms in total. The van der Waals surface area contributed by atoms with Gasteiger partial charge in [-0.3, -0.25) is 0 Å². The number of methoxy groups -OCH3 is 3. The Labute approximate surface area is 260 Å². The van der Waals surface area contributed by atoms with Crippen molar-refractivity contribution in [3.05, 3.63) is 51.4 Å². The van der Waals surface area contributed by atoms with E-state index in [0.29, 0.717) is 0 Å². The summed E-state index contributed by atoms with van der Waals surface area (Å²) in [6, 6.07) is 2.27. The van der Waals surface area contributed by atoms with Crippen LogP contribution < -0.4 is 0 Å². The van der Waals surface area contributed by atoms with Gasteiger partial charge < -0.3 is 18.6 Å². The number of rotatable bonds is 9. The fourth-order valence-electron chi connectivity index (χ4n) is 2.53. The van der Waals surface area contributed by atoms with Crippen molar-refractivity contribution in [1.82, 2.24) is 0 Å². The van der Waals surface area contributed by atoms with Crippen molar-refractivity contribution in [1.29, 1.82) is 0 Å². The van der Waals surface area contributed by atoms with Crippen LogP contribution in [0.1, 0.15) is 31.3 Å². The van der Waals surface area contributed by atoms with Gasteiger partial charge in [-0.1, -0.05) is 13.2 Å². The van der Waals surface area contributed by atoms with Gasteiger partial charge in [0.05, 0.1) is 38.7 Å². The molecule has 0 fully saturated rings. The van der Waals surface area contributed by atoms with Crippen LogP contribution in [0.3, 0.4) is 0 Å². The lowest BCUT2D eigenvalue weighted by atomic mass is 10.3. The summed E-state index contributed by atoms with van der Waals surface area (Å²) in [4.78, 5) is 62.0. The van der Waals surface area contributed by atoms with Crippen LogP contribution in [0.2, 0.25) is 0 Å². The second kappa shape index (κ2) is 16.8. The van der Waals surface area contributed by atoms with Crippen LogP contribution in [0, 0.1) is 0 Å². The highest BCUT2D eigenvalue weighted by Gasteiger charge is 2.27. The highest BCUT2D eigenvalue weighted by molar-refractivity contribution is 7.92. The first-order chi connectivity index (χ1) is 21.1. The summed E-state index contributed by atoms with van der Waals surface area (Å²) in [7, 11) is -9.21. The van der Waals surface area contributed by atoms with Gasteiger partial charge in [-0.25, -0.2) is 28.8 Å². The van der Waals surface area contributed by atoms with Gasteiger partial charge in [0.2, 0.25) is 5.76 Å². The number of hydrogen-bond acceptors (Lipinski definition) is 18. The van der Waals surface area contributed by atoms with Crippen molar-refractivity contribution < 1.29 is 72.6 Å². The molecule has 0 aliphatic heterocycles. The quantitative estimate of drug-likeness (QED) is 0.130. The zero-order valence-corrected chi connectivity index (χ0v) is 26.5. The lowest BCUT2D eigenvalue weighted by Crippen LogP contribution is -2.06. The maximum atomic E-state index is 11.3. The molecule has 3 aromatic heterocycles. The number of thiophene rings is 2. The van der Waals surface area contributed by atoms with Crippen molar-refractivity contribution in [2.24, 2.45) is 13.2 Å². The lowest BCUT2D eigenvalue weighted by molar-refractivity contribution is 0.0556. The second-order valence-corrected chi connectivity index (χ2v) is 13.4. The molecule has 240 valence electrons. The molecule has 0 saturated heterocycles. The number of carbonyl (C=O) groups is 3. The minimum atomic E-state index is -4.25. The Morgan fingerprint density at radius 3 is 1.69 bits per heavy atom. The monoisotopic (exact) mass is 725 g/mol. The van der Waals surface area contributed by atoms with Crippen molar-refractivity contribution in [2.75, 3.05) is 21.3 Å². The van der Waals surface area contributed by atoms with Crippen LogP contribution in [0.5, 0.6) is 0 Å². The summed E-state index contributed by atoms with van der Waals surface area (Å²) >= 11 is 1.77. The number of esters is 3. The molecular weight excluding hydrogens is 711 g/mol. The average Bonchev–Trinajstić information content (AvgIpc) is 3.78. The molecule has 0 unspecified atom stereocenters. The normalized spacial score (nSPS) is 10.5. The molecular formula is C21H15N3O16S5. The van der Waals surface area contributed by atoms with E-state index in [1.165, 1.54) is 22.2 Å². The van der Waals surface area contributed by atoms with Crippen LogP contribution >= 0.6 is 22.7 Å². The second-order valence-electron chi connectivity index (χ2n) is 6.83. The molecule has 0 aliphatic rings. The number of sulfonamides is 3. The topological polar surface area (TPSA) is 283 Å². The Balaban J connectivity index is 0.000000337. The minimum absolute atomic E-state index is 0.137. The average molecular weight is 726 g/mol. The van der Waals surface area contributed by atoms with Gasteiger partial charge in [-0.15, -0.1) is 11.3 Å². The molecule has 3 aromatic rings. The molecule has 45 heavy (non-hydrogen) atoms. The van der Waals surface area contributed by atoms with E-state index in [2.05, 4.69) is 31.8 Å². The number of hydrogen-bond donors (Lipinski definition) is 0. The van der Waals surface area contributed by atoms with Gasteiger partial charge in [0.15, 0.2) is 4.21 Å². The van der Waals surface area contributed by atoms with Crippen LogP contribution in [0.25, 0.3) is 0 Å². The predicted molar refractivity (Wildman–Crippen MR) is 147 cm³/mol. The Kier molecular flexibility index (Phi) is 14.2. The summed E-state index contributed by atoms with van der Waals surface area (Å²) in [5, 5.41) is 3.89. The molecule has 0 bridgehead atoms. The van der Waals surface area contributed by atoms with Crippen LogP contribution in [0.4, 0.5) is 0 Å². The first-order valence-electron chi connectivity index (χ1n) is 10.6. The van der Waals surface area contributed by atoms with Gasteiger partial charge in [0.25, 0.3) is 38.3 Å². The summed E-state index contributed by atoms with van der Waals surface area (Å²) in [5.41, 5.74) is -0.275. The molecule has 0 amide bonds. The third kappa shape index (κ3) is 10.1. The van der Waals surface area contributed by atoms with Gasteiger partial charge in [0, 0.05) is 10.8 Å². The summed E-state index contributed by atoms with van der Waals surface area (Å²) in [6.45, 7) is 0. The highest BCUT2D eigenvalue weighted by atomic mass is 32.2. The number of isocyanates is 3. The Morgan fingerprint density at radius 1 is 0.689 bits per heavy atom. The SMILES string of the molecule is COC(=O)c1ccsc1S(=O)(=O)N=C=O.COC(=O)c1cscc1S(=O)(=O)N=C=O.COC(=O)c1occc1S(=O)(=O)N=C=O. The smallest absolute Gasteiger partial charge is 0.375 e. The molecule has 0 spiro atoms. The Morgan fingerprint density at radius 2 is 1.18 bits per heavy atom. The van der Waals surface area contributed by atoms with E-state index in [9.17, 15) is 54.0 Å². The molecule has 0 radical (unpaired) electrons. The number of nitrogens with zero attached hydrogens (tertiary/aromatic N) is 3. The summed E-state index contributed by atoms with van der Waals surface area (Å²) < 4.78 is 92.9. The van der Waals surface area contributed by atoms with E-state index in [4.69, 9.17) is 0 Å². The number of carbonyl (C=O) groups excluding carboxylic acids is 6. The molecule has 0 aliphatic carbocycles. The van der Waals surface area contributed by atoms with E-state index in [1.54, 1.807) is 0 Å². The molecule has 0 atom stereocenters. The van der Waals surface area contributed by atoms with Gasteiger partial charge in [0.1, 0.15) is 9.79 Å². The van der Waals surface area contributed by atoms with Crippen LogP contribution in [-0.2, 0) is 58.7 Å².